The lowest BCUT2D eigenvalue weighted by Crippen LogP contribution is -2.23. The largest absolute Gasteiger partial charge is 0.494 e. The minimum atomic E-state index is -4.41. The van der Waals surface area contributed by atoms with E-state index in [-0.39, 0.29) is 23.7 Å². The van der Waals surface area contributed by atoms with Crippen LogP contribution in [0.1, 0.15) is 70.2 Å². The van der Waals surface area contributed by atoms with E-state index in [1.165, 1.54) is 35.9 Å². The Labute approximate surface area is 325 Å². The monoisotopic (exact) mass is 764 g/mol. The topological polar surface area (TPSA) is 9.23 Å². The third kappa shape index (κ3) is 12.5. The van der Waals surface area contributed by atoms with Crippen LogP contribution in [0.15, 0.2) is 146 Å². The van der Waals surface area contributed by atoms with Crippen LogP contribution in [0.25, 0.3) is 24.3 Å². The van der Waals surface area contributed by atoms with Gasteiger partial charge in [-0.1, -0.05) is 152 Å². The van der Waals surface area contributed by atoms with Crippen molar-refractivity contribution in [2.24, 2.45) is 0 Å². The van der Waals surface area contributed by atoms with Gasteiger partial charge in [-0.05, 0) is 101 Å². The van der Waals surface area contributed by atoms with E-state index in [1.54, 1.807) is 60.7 Å². The maximum Gasteiger partial charge on any atom is 0.396 e. The van der Waals surface area contributed by atoms with Gasteiger partial charge < -0.3 is 4.74 Å². The normalized spacial score (nSPS) is 12.7. The summed E-state index contributed by atoms with van der Waals surface area (Å²) in [6.45, 7) is 4.75. The summed E-state index contributed by atoms with van der Waals surface area (Å²) < 4.78 is 74.9. The second kappa shape index (κ2) is 19.7. The first-order valence-corrected chi connectivity index (χ1v) is 18.4. The first kappa shape index (κ1) is 40.7. The molecule has 0 fully saturated rings. The molecule has 0 N–H and O–H groups in total. The van der Waals surface area contributed by atoms with E-state index < -0.39 is 17.9 Å². The van der Waals surface area contributed by atoms with Crippen molar-refractivity contribution in [3.8, 4) is 5.75 Å². The van der Waals surface area contributed by atoms with Crippen LogP contribution in [-0.2, 0) is 12.8 Å². The van der Waals surface area contributed by atoms with Crippen molar-refractivity contribution in [1.82, 2.24) is 0 Å². The number of halogens is 6. The average molecular weight is 765 g/mol. The minimum Gasteiger partial charge on any atom is -0.494 e. The molecule has 55 heavy (non-hydrogen) atoms. The number of alkyl halides is 3. The summed E-state index contributed by atoms with van der Waals surface area (Å²) in [6.07, 6.45) is 3.19. The Morgan fingerprint density at radius 3 is 1.75 bits per heavy atom. The Hall–Kier alpha value is -5.46. The van der Waals surface area contributed by atoms with Gasteiger partial charge in [0.1, 0.15) is 17.4 Å². The molecule has 0 aliphatic rings. The summed E-state index contributed by atoms with van der Waals surface area (Å²) >= 11 is 5.83. The van der Waals surface area contributed by atoms with Gasteiger partial charge in [0.2, 0.25) is 0 Å². The van der Waals surface area contributed by atoms with Crippen LogP contribution in [-0.4, -0.2) is 12.8 Å². The van der Waals surface area contributed by atoms with Gasteiger partial charge in [-0.3, -0.25) is 0 Å². The molecule has 0 amide bonds. The van der Waals surface area contributed by atoms with E-state index in [1.807, 2.05) is 73.7 Å². The Bertz CT molecular complexity index is 2140. The van der Waals surface area contributed by atoms with Crippen molar-refractivity contribution in [3.63, 3.8) is 0 Å². The van der Waals surface area contributed by atoms with Gasteiger partial charge in [-0.25, -0.2) is 8.78 Å². The maximum absolute atomic E-state index is 14.5. The fraction of sp³-hybridized carbons (Fsp3) is 0.167. The van der Waals surface area contributed by atoms with E-state index in [9.17, 15) is 22.0 Å². The fourth-order valence-corrected chi connectivity index (χ4v) is 6.16. The Morgan fingerprint density at radius 1 is 0.600 bits per heavy atom. The minimum absolute atomic E-state index is 0.147. The fourth-order valence-electron chi connectivity index (χ4n) is 6.03. The number of hydrogen-bond acceptors (Lipinski definition) is 1. The molecule has 0 radical (unpaired) electrons. The summed E-state index contributed by atoms with van der Waals surface area (Å²) in [6, 6.07) is 42.5. The smallest absolute Gasteiger partial charge is 0.396 e. The van der Waals surface area contributed by atoms with E-state index in [2.05, 4.69) is 19.1 Å². The van der Waals surface area contributed by atoms with Crippen molar-refractivity contribution in [2.75, 3.05) is 6.61 Å². The van der Waals surface area contributed by atoms with Crippen molar-refractivity contribution >= 4 is 35.9 Å². The van der Waals surface area contributed by atoms with Crippen LogP contribution in [0.4, 0.5) is 22.0 Å². The number of rotatable bonds is 12. The lowest BCUT2D eigenvalue weighted by atomic mass is 9.91. The maximum atomic E-state index is 14.5. The van der Waals surface area contributed by atoms with E-state index in [0.717, 1.165) is 28.0 Å². The molecule has 0 spiro atoms. The molecule has 0 bridgehead atoms. The zero-order valence-corrected chi connectivity index (χ0v) is 31.4. The quantitative estimate of drug-likeness (QED) is 0.0891. The highest BCUT2D eigenvalue weighted by atomic mass is 35.5. The van der Waals surface area contributed by atoms with Crippen molar-refractivity contribution in [2.45, 2.75) is 44.7 Å². The Kier molecular flexibility index (Phi) is 14.6. The van der Waals surface area contributed by atoms with Gasteiger partial charge in [0, 0.05) is 10.6 Å². The van der Waals surface area contributed by atoms with Crippen LogP contribution < -0.4 is 4.74 Å². The lowest BCUT2D eigenvalue weighted by molar-refractivity contribution is -0.150. The molecule has 6 rings (SSSR count). The van der Waals surface area contributed by atoms with Gasteiger partial charge in [-0.15, -0.1) is 0 Å². The summed E-state index contributed by atoms with van der Waals surface area (Å²) in [4.78, 5) is 0. The van der Waals surface area contributed by atoms with Gasteiger partial charge in [0.05, 0.1) is 12.5 Å². The average Bonchev–Trinajstić information content (AvgIpc) is 3.18. The van der Waals surface area contributed by atoms with Gasteiger partial charge in [-0.2, -0.15) is 13.2 Å². The number of hydrogen-bond donors (Lipinski definition) is 0. The van der Waals surface area contributed by atoms with Gasteiger partial charge >= 0.3 is 6.18 Å². The molecule has 2 atom stereocenters. The Balaban J connectivity index is 0.000000211. The Morgan fingerprint density at radius 2 is 1.16 bits per heavy atom. The van der Waals surface area contributed by atoms with E-state index in [4.69, 9.17) is 16.3 Å². The molecule has 0 aliphatic heterocycles. The molecule has 7 heteroatoms. The second-order valence-corrected chi connectivity index (χ2v) is 13.6. The highest BCUT2D eigenvalue weighted by Gasteiger charge is 2.40. The summed E-state index contributed by atoms with van der Waals surface area (Å²) in [5.41, 5.74) is 5.52. The molecule has 282 valence electrons. The first-order valence-electron chi connectivity index (χ1n) is 18.1. The van der Waals surface area contributed by atoms with Crippen molar-refractivity contribution in [1.29, 1.82) is 0 Å². The third-order valence-electron chi connectivity index (χ3n) is 9.06. The second-order valence-electron chi connectivity index (χ2n) is 13.2. The third-order valence-corrected chi connectivity index (χ3v) is 9.31. The van der Waals surface area contributed by atoms with Crippen LogP contribution in [0.3, 0.4) is 0 Å². The van der Waals surface area contributed by atoms with Gasteiger partial charge in [0.25, 0.3) is 0 Å². The van der Waals surface area contributed by atoms with Crippen LogP contribution in [0.5, 0.6) is 5.75 Å². The molecule has 6 aromatic carbocycles. The molecule has 0 aliphatic carbocycles. The summed E-state index contributed by atoms with van der Waals surface area (Å²) in [7, 11) is 0. The zero-order valence-electron chi connectivity index (χ0n) is 30.6. The highest BCUT2D eigenvalue weighted by molar-refractivity contribution is 6.30. The van der Waals surface area contributed by atoms with Crippen molar-refractivity contribution < 1.29 is 26.7 Å². The predicted octanol–water partition coefficient (Wildman–Crippen LogP) is 14.3. The summed E-state index contributed by atoms with van der Waals surface area (Å²) in [5.74, 6) is -1.24. The molecule has 0 heterocycles. The standard InChI is InChI=1S/C25H25FO.C23H17ClF4/c1-3-27-24-15-12-20(13-16-24)9-10-21-11-14-23(25(26)18-21)17-19(2)22-7-5-4-6-8-22;24-20-12-8-16(9-13-20)6-10-19-11-7-17(15-22(19)25)14-21(23(26,27)28)18-4-2-1-3-5-18/h4-16,18-19H,3,17H2,1-2H3;1-13,15,21H,14H2/t19-;21-/m11/s1. The molecule has 0 aromatic heterocycles. The van der Waals surface area contributed by atoms with Crippen LogP contribution in [0.2, 0.25) is 5.02 Å². The molecule has 6 aromatic rings. The molecule has 1 nitrogen and oxygen atoms in total. The van der Waals surface area contributed by atoms with E-state index in [0.29, 0.717) is 29.2 Å². The van der Waals surface area contributed by atoms with Crippen molar-refractivity contribution in [3.05, 3.63) is 207 Å². The molecular weight excluding hydrogens is 723 g/mol. The van der Waals surface area contributed by atoms with Crippen LogP contribution in [0, 0.1) is 11.6 Å². The lowest BCUT2D eigenvalue weighted by Gasteiger charge is -2.21. The summed E-state index contributed by atoms with van der Waals surface area (Å²) in [5, 5.41) is 0.602. The molecule has 0 unspecified atom stereocenters. The number of benzene rings is 6. The molecular formula is C48H42ClF5O. The molecule has 0 saturated heterocycles. The zero-order chi connectivity index (χ0) is 39.2. The SMILES string of the molecule is CCOc1ccc(C=Cc2ccc(C[C@@H](C)c3ccccc3)c(F)c2)cc1.Fc1cc(C[C@H](c2ccccc2)C(F)(F)F)ccc1C=Cc1ccc(Cl)cc1. The van der Waals surface area contributed by atoms with Gasteiger partial charge in [0.15, 0.2) is 0 Å². The number of ether oxygens (including phenoxy) is 1. The van der Waals surface area contributed by atoms with Crippen LogP contribution >= 0.6 is 11.6 Å². The van der Waals surface area contributed by atoms with E-state index >= 15 is 0 Å². The predicted molar refractivity (Wildman–Crippen MR) is 217 cm³/mol. The first-order chi connectivity index (χ1) is 26.5. The molecule has 0 saturated carbocycles. The highest BCUT2D eigenvalue weighted by Crippen LogP contribution is 2.37.